The number of hydrogen-bond acceptors (Lipinski definition) is 4. The van der Waals surface area contributed by atoms with Crippen molar-refractivity contribution in [2.24, 2.45) is 5.41 Å². The zero-order valence-electron chi connectivity index (χ0n) is 16.5. The second kappa shape index (κ2) is 8.98. The van der Waals surface area contributed by atoms with Gasteiger partial charge in [-0.2, -0.15) is 20.5 Å². The molecule has 3 heterocycles. The van der Waals surface area contributed by atoms with Crippen LogP contribution in [0.4, 0.5) is 13.2 Å². The van der Waals surface area contributed by atoms with Crippen LogP contribution in [0.5, 0.6) is 0 Å². The number of carbonyl (C=O) groups excluding carboxylic acids is 1. The predicted octanol–water partition coefficient (Wildman–Crippen LogP) is 3.56. The van der Waals surface area contributed by atoms with Crippen LogP contribution >= 0.6 is 11.8 Å². The van der Waals surface area contributed by atoms with E-state index in [1.807, 2.05) is 59.7 Å². The maximum atomic E-state index is 13.1. The van der Waals surface area contributed by atoms with Crippen molar-refractivity contribution >= 4 is 17.7 Å². The van der Waals surface area contributed by atoms with Crippen LogP contribution < -0.4 is 5.32 Å². The van der Waals surface area contributed by atoms with Crippen LogP contribution in [0, 0.1) is 5.41 Å². The van der Waals surface area contributed by atoms with Crippen molar-refractivity contribution in [2.75, 3.05) is 31.3 Å². The first-order valence-corrected chi connectivity index (χ1v) is 11.1. The van der Waals surface area contributed by atoms with Crippen LogP contribution in [-0.4, -0.2) is 59.5 Å². The van der Waals surface area contributed by atoms with E-state index in [0.29, 0.717) is 5.41 Å². The monoisotopic (exact) mass is 435 g/mol. The van der Waals surface area contributed by atoms with Gasteiger partial charge in [0.05, 0.1) is 11.7 Å². The fourth-order valence-electron chi connectivity index (χ4n) is 4.03. The van der Waals surface area contributed by atoms with Gasteiger partial charge in [0, 0.05) is 48.3 Å². The summed E-state index contributed by atoms with van der Waals surface area (Å²) in [5.74, 6) is 1.13. The summed E-state index contributed by atoms with van der Waals surface area (Å²) in [5, 5.41) is 2.03. The van der Waals surface area contributed by atoms with Crippen LogP contribution in [0.2, 0.25) is 0 Å². The highest BCUT2D eigenvalue weighted by atomic mass is 32.2. The fourth-order valence-corrected chi connectivity index (χ4v) is 5.18. The van der Waals surface area contributed by atoms with E-state index in [1.54, 1.807) is 0 Å². The third kappa shape index (κ3) is 4.81. The number of thioether (sulfide) groups is 1. The van der Waals surface area contributed by atoms with E-state index in [4.69, 9.17) is 0 Å². The van der Waals surface area contributed by atoms with Crippen LogP contribution in [0.15, 0.2) is 42.6 Å². The standard InChI is InChI=1S/C22H24F3N3OS/c23-8-19(27-21(29)20(24)25)7-15-1-3-16(4-2-15)17-5-6-18(26-9-17)10-28-11-22(12-28)13-30-14-22/h1-6,9,19-20H,7-8,10-14H2,(H,27,29). The van der Waals surface area contributed by atoms with Gasteiger partial charge in [0.1, 0.15) is 6.67 Å². The molecule has 160 valence electrons. The van der Waals surface area contributed by atoms with E-state index in [0.717, 1.165) is 28.9 Å². The Hall–Kier alpha value is -2.06. The van der Waals surface area contributed by atoms with E-state index in [1.165, 1.54) is 24.6 Å². The lowest BCUT2D eigenvalue weighted by atomic mass is 9.83. The minimum atomic E-state index is -3.14. The van der Waals surface area contributed by atoms with Crippen LogP contribution in [-0.2, 0) is 17.8 Å². The Morgan fingerprint density at radius 3 is 2.37 bits per heavy atom. The molecule has 1 amide bonds. The zero-order chi connectivity index (χ0) is 21.1. The molecule has 0 bridgehead atoms. The van der Waals surface area contributed by atoms with Gasteiger partial charge in [-0.25, -0.2) is 4.39 Å². The molecule has 0 saturated carbocycles. The molecule has 4 rings (SSSR count). The molecule has 2 aromatic rings. The molecule has 2 fully saturated rings. The number of likely N-dealkylation sites (tertiary alicyclic amines) is 1. The van der Waals surface area contributed by atoms with Gasteiger partial charge in [0.2, 0.25) is 0 Å². The van der Waals surface area contributed by atoms with Crippen molar-refractivity contribution in [3.8, 4) is 11.1 Å². The number of amides is 1. The number of nitrogens with zero attached hydrogens (tertiary/aromatic N) is 2. The third-order valence-corrected chi connectivity index (χ3v) is 7.28. The Morgan fingerprint density at radius 1 is 1.13 bits per heavy atom. The maximum absolute atomic E-state index is 13.1. The largest absolute Gasteiger partial charge is 0.345 e. The van der Waals surface area contributed by atoms with Gasteiger partial charge in [0.25, 0.3) is 5.91 Å². The van der Waals surface area contributed by atoms with Crippen molar-refractivity contribution in [1.29, 1.82) is 0 Å². The van der Waals surface area contributed by atoms with Gasteiger partial charge in [0.15, 0.2) is 0 Å². The zero-order valence-corrected chi connectivity index (χ0v) is 17.3. The molecule has 1 atom stereocenters. The van der Waals surface area contributed by atoms with E-state index in [2.05, 4.69) is 9.88 Å². The van der Waals surface area contributed by atoms with E-state index in [9.17, 15) is 18.0 Å². The average molecular weight is 436 g/mol. The predicted molar refractivity (Wildman–Crippen MR) is 112 cm³/mol. The molecule has 1 spiro atoms. The van der Waals surface area contributed by atoms with Crippen molar-refractivity contribution in [3.05, 3.63) is 53.9 Å². The quantitative estimate of drug-likeness (QED) is 0.689. The molecule has 1 aromatic carbocycles. The summed E-state index contributed by atoms with van der Waals surface area (Å²) >= 11 is 2.03. The van der Waals surface area contributed by atoms with Crippen LogP contribution in [0.3, 0.4) is 0 Å². The van der Waals surface area contributed by atoms with Crippen molar-refractivity contribution in [2.45, 2.75) is 25.4 Å². The summed E-state index contributed by atoms with van der Waals surface area (Å²) in [6.45, 7) is 2.31. The van der Waals surface area contributed by atoms with Crippen molar-refractivity contribution in [3.63, 3.8) is 0 Å². The third-order valence-electron chi connectivity index (χ3n) is 5.65. The van der Waals surface area contributed by atoms with Gasteiger partial charge in [-0.15, -0.1) is 0 Å². The average Bonchev–Trinajstić information content (AvgIpc) is 2.69. The lowest BCUT2D eigenvalue weighted by Crippen LogP contribution is -2.62. The van der Waals surface area contributed by atoms with Gasteiger partial charge >= 0.3 is 6.43 Å². The Morgan fingerprint density at radius 2 is 1.83 bits per heavy atom. The van der Waals surface area contributed by atoms with E-state index in [-0.39, 0.29) is 6.42 Å². The number of alkyl halides is 3. The van der Waals surface area contributed by atoms with Gasteiger partial charge in [-0.1, -0.05) is 30.3 Å². The molecule has 0 aliphatic carbocycles. The molecule has 4 nitrogen and oxygen atoms in total. The molecule has 1 N–H and O–H groups in total. The lowest BCUT2D eigenvalue weighted by Gasteiger charge is -2.55. The fraction of sp³-hybridized carbons (Fsp3) is 0.455. The molecule has 2 saturated heterocycles. The summed E-state index contributed by atoms with van der Waals surface area (Å²) in [4.78, 5) is 18.1. The minimum Gasteiger partial charge on any atom is -0.345 e. The number of hydrogen-bond donors (Lipinski definition) is 1. The smallest absolute Gasteiger partial charge is 0.315 e. The first-order valence-electron chi connectivity index (χ1n) is 9.95. The summed E-state index contributed by atoms with van der Waals surface area (Å²) < 4.78 is 37.7. The topological polar surface area (TPSA) is 45.2 Å². The molecular weight excluding hydrogens is 411 g/mol. The number of nitrogens with one attached hydrogen (secondary N) is 1. The Labute approximate surface area is 178 Å². The molecule has 2 aliphatic heterocycles. The number of halogens is 3. The van der Waals surface area contributed by atoms with Crippen molar-refractivity contribution < 1.29 is 18.0 Å². The SMILES string of the molecule is O=C(NC(CF)Cc1ccc(-c2ccc(CN3CC4(CSC4)C3)nc2)cc1)C(F)F. The van der Waals surface area contributed by atoms with E-state index < -0.39 is 25.0 Å². The molecule has 0 radical (unpaired) electrons. The Kier molecular flexibility index (Phi) is 6.34. The highest BCUT2D eigenvalue weighted by molar-refractivity contribution is 8.00. The number of carbonyl (C=O) groups is 1. The summed E-state index contributed by atoms with van der Waals surface area (Å²) in [7, 11) is 0. The molecular formula is C22H24F3N3OS. The molecule has 1 unspecified atom stereocenters. The number of pyridine rings is 1. The van der Waals surface area contributed by atoms with E-state index >= 15 is 0 Å². The first kappa shape index (κ1) is 21.2. The molecule has 30 heavy (non-hydrogen) atoms. The minimum absolute atomic E-state index is 0.155. The number of aromatic nitrogens is 1. The molecule has 2 aliphatic rings. The molecule has 1 aromatic heterocycles. The lowest BCUT2D eigenvalue weighted by molar-refractivity contribution is -0.132. The van der Waals surface area contributed by atoms with Crippen LogP contribution in [0.1, 0.15) is 11.3 Å². The van der Waals surface area contributed by atoms with Gasteiger partial charge in [-0.3, -0.25) is 14.7 Å². The summed E-state index contributed by atoms with van der Waals surface area (Å²) in [6.07, 6.45) is -1.13. The summed E-state index contributed by atoms with van der Waals surface area (Å²) in [5.41, 5.74) is 4.35. The second-order valence-corrected chi connectivity index (χ2v) is 9.22. The van der Waals surface area contributed by atoms with Crippen LogP contribution in [0.25, 0.3) is 11.1 Å². The second-order valence-electron chi connectivity index (χ2n) is 8.24. The maximum Gasteiger partial charge on any atom is 0.315 e. The Balaban J connectivity index is 1.31. The highest BCUT2D eigenvalue weighted by Crippen LogP contribution is 2.45. The molecule has 8 heteroatoms. The number of rotatable bonds is 8. The summed E-state index contributed by atoms with van der Waals surface area (Å²) in [6, 6.07) is 10.5. The van der Waals surface area contributed by atoms with Gasteiger partial charge < -0.3 is 5.32 Å². The van der Waals surface area contributed by atoms with Gasteiger partial charge in [-0.05, 0) is 23.6 Å². The highest BCUT2D eigenvalue weighted by Gasteiger charge is 2.47. The Bertz CT molecular complexity index is 864. The first-order chi connectivity index (χ1) is 14.5. The normalized spacial score (nSPS) is 18.7. The van der Waals surface area contributed by atoms with Crippen molar-refractivity contribution in [1.82, 2.24) is 15.2 Å². The number of benzene rings is 1.